The van der Waals surface area contributed by atoms with Gasteiger partial charge in [-0.05, 0) is 55.5 Å². The second-order valence-corrected chi connectivity index (χ2v) is 8.41. The fourth-order valence-corrected chi connectivity index (χ4v) is 4.30. The summed E-state index contributed by atoms with van der Waals surface area (Å²) in [5, 5.41) is 10.6. The third-order valence-electron chi connectivity index (χ3n) is 6.13. The van der Waals surface area contributed by atoms with Crippen molar-refractivity contribution in [3.8, 4) is 17.4 Å². The summed E-state index contributed by atoms with van der Waals surface area (Å²) in [5.74, 6) is 1.84. The summed E-state index contributed by atoms with van der Waals surface area (Å²) < 4.78 is 21.9. The first-order chi connectivity index (χ1) is 16.6. The Bertz CT molecular complexity index is 1190. The van der Waals surface area contributed by atoms with E-state index in [0.29, 0.717) is 68.5 Å². The van der Waals surface area contributed by atoms with Gasteiger partial charge < -0.3 is 24.1 Å². The minimum absolute atomic E-state index is 0.275. The number of amides is 1. The maximum atomic E-state index is 12.4. The van der Waals surface area contributed by atoms with Gasteiger partial charge in [-0.15, -0.1) is 0 Å². The summed E-state index contributed by atoms with van der Waals surface area (Å²) in [6.07, 6.45) is 2.92. The Morgan fingerprint density at radius 1 is 1.15 bits per heavy atom. The fraction of sp³-hybridized carbons (Fsp3) is 0.400. The third kappa shape index (κ3) is 4.70. The average molecular weight is 466 g/mol. The molecule has 0 bridgehead atoms. The maximum Gasteiger partial charge on any atom is 0.414 e. The zero-order valence-electron chi connectivity index (χ0n) is 19.0. The van der Waals surface area contributed by atoms with Crippen LogP contribution in [0.1, 0.15) is 24.8 Å². The highest BCUT2D eigenvalue weighted by molar-refractivity contribution is 5.90. The number of methoxy groups -OCH3 is 1. The van der Waals surface area contributed by atoms with Crippen LogP contribution in [0.5, 0.6) is 17.4 Å². The van der Waals surface area contributed by atoms with Crippen LogP contribution in [0.15, 0.2) is 42.6 Å². The Balaban J connectivity index is 1.15. The van der Waals surface area contributed by atoms with Crippen LogP contribution in [0, 0.1) is 0 Å². The van der Waals surface area contributed by atoms with Crippen molar-refractivity contribution in [1.82, 2.24) is 9.97 Å². The lowest BCUT2D eigenvalue weighted by Crippen LogP contribution is -2.25. The van der Waals surface area contributed by atoms with Crippen molar-refractivity contribution >= 4 is 22.8 Å². The number of nitrogens with zero attached hydrogens (tertiary/aromatic N) is 3. The average Bonchev–Trinajstić information content (AvgIpc) is 3.25. The highest BCUT2D eigenvalue weighted by atomic mass is 16.6. The molecule has 3 aromatic rings. The topological polar surface area (TPSA) is 103 Å². The van der Waals surface area contributed by atoms with Crippen LogP contribution < -0.4 is 19.1 Å². The number of cyclic esters (lactones) is 1. The number of anilines is 1. The molecule has 4 heterocycles. The van der Waals surface area contributed by atoms with Crippen molar-refractivity contribution in [3.05, 3.63) is 48.2 Å². The summed E-state index contributed by atoms with van der Waals surface area (Å²) >= 11 is 0. The molecule has 0 aliphatic carbocycles. The van der Waals surface area contributed by atoms with Crippen molar-refractivity contribution in [2.24, 2.45) is 0 Å². The molecule has 2 aliphatic heterocycles. The molecule has 2 aromatic heterocycles. The Hall–Kier alpha value is -3.59. The number of carbonyl (C=O) groups is 1. The molecule has 1 amide bonds. The van der Waals surface area contributed by atoms with E-state index in [9.17, 15) is 9.90 Å². The molecule has 9 heteroatoms. The van der Waals surface area contributed by atoms with Gasteiger partial charge in [0.05, 0.1) is 36.5 Å². The molecular formula is C25H27N3O6. The molecule has 2 aliphatic rings. The molecule has 0 spiro atoms. The van der Waals surface area contributed by atoms with Crippen LogP contribution in [0.2, 0.25) is 0 Å². The van der Waals surface area contributed by atoms with Gasteiger partial charge in [-0.25, -0.2) is 9.78 Å². The fourth-order valence-electron chi connectivity index (χ4n) is 4.30. The van der Waals surface area contributed by atoms with Gasteiger partial charge in [0.25, 0.3) is 0 Å². The lowest BCUT2D eigenvalue weighted by atomic mass is 10.0. The summed E-state index contributed by atoms with van der Waals surface area (Å²) in [5.41, 5.74) is 3.31. The molecule has 1 aromatic carbocycles. The van der Waals surface area contributed by atoms with E-state index in [2.05, 4.69) is 9.97 Å². The largest absolute Gasteiger partial charge is 0.486 e. The molecular weight excluding hydrogens is 438 g/mol. The number of hydrogen-bond donors (Lipinski definition) is 1. The lowest BCUT2D eigenvalue weighted by Gasteiger charge is -2.21. The number of rotatable bonds is 8. The molecule has 2 atom stereocenters. The predicted molar refractivity (Wildman–Crippen MR) is 125 cm³/mol. The van der Waals surface area contributed by atoms with Gasteiger partial charge in [0, 0.05) is 18.3 Å². The SMILES string of the molecule is COc1ccc2nccc(CC[C@H](O)CC[C@@H]3CN(c4ccc5c(c4)OCCO5)C(=O)O3)c2n1. The van der Waals surface area contributed by atoms with Crippen LogP contribution in [0.4, 0.5) is 10.5 Å². The van der Waals surface area contributed by atoms with E-state index < -0.39 is 6.10 Å². The molecule has 0 saturated carbocycles. The molecule has 1 saturated heterocycles. The standard InChI is InChI=1S/C25H27N3O6/c1-31-23-9-7-20-24(27-23)16(10-11-26-20)2-4-18(29)5-6-19-15-28(25(30)34-19)17-3-8-21-22(14-17)33-13-12-32-21/h3,7-11,14,18-19,29H,2,4-6,12-13,15H2,1H3/t18-,19+/m0/s1. The molecule has 5 rings (SSSR count). The van der Waals surface area contributed by atoms with Gasteiger partial charge in [-0.2, -0.15) is 0 Å². The molecule has 1 N–H and O–H groups in total. The predicted octanol–water partition coefficient (Wildman–Crippen LogP) is 3.51. The Morgan fingerprint density at radius 3 is 2.85 bits per heavy atom. The van der Waals surface area contributed by atoms with Gasteiger partial charge in [0.1, 0.15) is 19.3 Å². The van der Waals surface area contributed by atoms with E-state index in [1.165, 1.54) is 0 Å². The van der Waals surface area contributed by atoms with E-state index in [1.54, 1.807) is 36.4 Å². The summed E-state index contributed by atoms with van der Waals surface area (Å²) in [6.45, 7) is 1.44. The number of pyridine rings is 2. The first kappa shape index (κ1) is 22.2. The van der Waals surface area contributed by atoms with Gasteiger partial charge in [0.15, 0.2) is 11.5 Å². The number of benzene rings is 1. The summed E-state index contributed by atoms with van der Waals surface area (Å²) in [4.78, 5) is 22.9. The second-order valence-electron chi connectivity index (χ2n) is 8.41. The van der Waals surface area contributed by atoms with Crippen LogP contribution in [0.3, 0.4) is 0 Å². The highest BCUT2D eigenvalue weighted by Crippen LogP contribution is 2.35. The molecule has 34 heavy (non-hydrogen) atoms. The minimum atomic E-state index is -0.518. The second kappa shape index (κ2) is 9.72. The minimum Gasteiger partial charge on any atom is -0.486 e. The number of carbonyl (C=O) groups excluding carboxylic acids is 1. The van der Waals surface area contributed by atoms with Crippen LogP contribution in [-0.2, 0) is 11.2 Å². The summed E-state index contributed by atoms with van der Waals surface area (Å²) in [6, 6.07) is 11.0. The van der Waals surface area contributed by atoms with E-state index in [1.807, 2.05) is 18.2 Å². The first-order valence-electron chi connectivity index (χ1n) is 11.4. The molecule has 178 valence electrons. The van der Waals surface area contributed by atoms with Crippen molar-refractivity contribution in [2.45, 2.75) is 37.9 Å². The molecule has 9 nitrogen and oxygen atoms in total. The number of aryl methyl sites for hydroxylation is 1. The molecule has 0 radical (unpaired) electrons. The number of aromatic nitrogens is 2. The number of hydrogen-bond acceptors (Lipinski definition) is 8. The highest BCUT2D eigenvalue weighted by Gasteiger charge is 2.33. The number of ether oxygens (including phenoxy) is 4. The number of fused-ring (bicyclic) bond motifs is 2. The zero-order chi connectivity index (χ0) is 23.5. The zero-order valence-corrected chi connectivity index (χ0v) is 19.0. The Morgan fingerprint density at radius 2 is 2.00 bits per heavy atom. The number of aliphatic hydroxyl groups is 1. The lowest BCUT2D eigenvalue weighted by molar-refractivity contribution is 0.107. The Labute approximate surface area is 197 Å². The van der Waals surface area contributed by atoms with Crippen molar-refractivity contribution in [1.29, 1.82) is 0 Å². The maximum absolute atomic E-state index is 12.4. The smallest absolute Gasteiger partial charge is 0.414 e. The monoisotopic (exact) mass is 465 g/mol. The molecule has 0 unspecified atom stereocenters. The van der Waals surface area contributed by atoms with Gasteiger partial charge in [-0.1, -0.05) is 0 Å². The normalized spacial score (nSPS) is 18.1. The van der Waals surface area contributed by atoms with Crippen molar-refractivity contribution < 1.29 is 28.8 Å². The summed E-state index contributed by atoms with van der Waals surface area (Å²) in [7, 11) is 1.58. The van der Waals surface area contributed by atoms with Crippen LogP contribution in [0.25, 0.3) is 11.0 Å². The van der Waals surface area contributed by atoms with Gasteiger partial charge in [-0.3, -0.25) is 9.88 Å². The van der Waals surface area contributed by atoms with Gasteiger partial charge in [0.2, 0.25) is 5.88 Å². The van der Waals surface area contributed by atoms with E-state index in [4.69, 9.17) is 18.9 Å². The Kier molecular flexibility index (Phi) is 6.35. The first-order valence-corrected chi connectivity index (χ1v) is 11.4. The molecule has 1 fully saturated rings. The van der Waals surface area contributed by atoms with Crippen LogP contribution in [-0.4, -0.2) is 60.2 Å². The van der Waals surface area contributed by atoms with Crippen molar-refractivity contribution in [2.75, 3.05) is 31.8 Å². The van der Waals surface area contributed by atoms with Gasteiger partial charge >= 0.3 is 6.09 Å². The van der Waals surface area contributed by atoms with Crippen molar-refractivity contribution in [3.63, 3.8) is 0 Å². The van der Waals surface area contributed by atoms with Crippen LogP contribution >= 0.6 is 0 Å². The quantitative estimate of drug-likeness (QED) is 0.539. The number of aliphatic hydroxyl groups excluding tert-OH is 1. The van der Waals surface area contributed by atoms with E-state index >= 15 is 0 Å². The van der Waals surface area contributed by atoms with E-state index in [0.717, 1.165) is 16.6 Å². The van der Waals surface area contributed by atoms with E-state index in [-0.39, 0.29) is 12.2 Å². The third-order valence-corrected chi connectivity index (χ3v) is 6.13.